The highest BCUT2D eigenvalue weighted by molar-refractivity contribution is 7.03. The number of rotatable bonds is 4. The van der Waals surface area contributed by atoms with Gasteiger partial charge < -0.3 is 10.4 Å². The average Bonchev–Trinajstić information content (AvgIpc) is 2.66. The van der Waals surface area contributed by atoms with Gasteiger partial charge in [0.15, 0.2) is 5.69 Å². The third kappa shape index (κ3) is 2.74. The summed E-state index contributed by atoms with van der Waals surface area (Å²) in [6.45, 7) is 1.83. The van der Waals surface area contributed by atoms with Crippen LogP contribution in [0.5, 0.6) is 0 Å². The largest absolute Gasteiger partial charge is 0.394 e. The Morgan fingerprint density at radius 2 is 2.62 bits per heavy atom. The highest BCUT2D eigenvalue weighted by Gasteiger charge is 2.12. The van der Waals surface area contributed by atoms with Crippen molar-refractivity contribution in [1.82, 2.24) is 14.9 Å². The van der Waals surface area contributed by atoms with Gasteiger partial charge in [0, 0.05) is 5.38 Å². The molecule has 5 nitrogen and oxygen atoms in total. The van der Waals surface area contributed by atoms with E-state index in [1.165, 1.54) is 0 Å². The minimum atomic E-state index is -0.283. The molecule has 0 radical (unpaired) electrons. The summed E-state index contributed by atoms with van der Waals surface area (Å²) < 4.78 is 3.57. The van der Waals surface area contributed by atoms with Gasteiger partial charge in [-0.2, -0.15) is 0 Å². The van der Waals surface area contributed by atoms with E-state index in [2.05, 4.69) is 14.9 Å². The summed E-state index contributed by atoms with van der Waals surface area (Å²) in [5.74, 6) is -0.283. The van der Waals surface area contributed by atoms with Crippen molar-refractivity contribution in [2.45, 2.75) is 19.4 Å². The monoisotopic (exact) mass is 201 g/mol. The van der Waals surface area contributed by atoms with Gasteiger partial charge in [-0.3, -0.25) is 4.79 Å². The summed E-state index contributed by atoms with van der Waals surface area (Å²) >= 11 is 1.13. The third-order valence-corrected chi connectivity index (χ3v) is 2.15. The maximum atomic E-state index is 11.3. The highest BCUT2D eigenvalue weighted by atomic mass is 32.1. The highest BCUT2D eigenvalue weighted by Crippen LogP contribution is 1.98. The van der Waals surface area contributed by atoms with Crippen molar-refractivity contribution in [3.05, 3.63) is 11.1 Å². The summed E-state index contributed by atoms with van der Waals surface area (Å²) in [6, 6.07) is -0.200. The fourth-order valence-corrected chi connectivity index (χ4v) is 1.24. The van der Waals surface area contributed by atoms with Crippen LogP contribution in [0.25, 0.3) is 0 Å². The lowest BCUT2D eigenvalue weighted by atomic mass is 10.2. The fourth-order valence-electron chi connectivity index (χ4n) is 0.800. The number of aliphatic hydroxyl groups is 1. The van der Waals surface area contributed by atoms with Crippen molar-refractivity contribution in [2.75, 3.05) is 6.61 Å². The van der Waals surface area contributed by atoms with E-state index in [-0.39, 0.29) is 18.6 Å². The Morgan fingerprint density at radius 3 is 3.08 bits per heavy atom. The van der Waals surface area contributed by atoms with E-state index in [0.29, 0.717) is 12.1 Å². The summed E-state index contributed by atoms with van der Waals surface area (Å²) in [7, 11) is 0. The zero-order valence-electron chi connectivity index (χ0n) is 7.23. The van der Waals surface area contributed by atoms with Gasteiger partial charge >= 0.3 is 0 Å². The van der Waals surface area contributed by atoms with Crippen molar-refractivity contribution < 1.29 is 9.90 Å². The minimum Gasteiger partial charge on any atom is -0.394 e. The van der Waals surface area contributed by atoms with Crippen molar-refractivity contribution >= 4 is 17.4 Å². The molecule has 0 saturated heterocycles. The van der Waals surface area contributed by atoms with Gasteiger partial charge in [-0.05, 0) is 18.0 Å². The third-order valence-electron chi connectivity index (χ3n) is 1.64. The Morgan fingerprint density at radius 1 is 1.85 bits per heavy atom. The Labute approximate surface area is 80.0 Å². The Hall–Kier alpha value is -1.01. The van der Waals surface area contributed by atoms with Crippen molar-refractivity contribution in [3.8, 4) is 0 Å². The number of nitrogens with zero attached hydrogens (tertiary/aromatic N) is 2. The quantitative estimate of drug-likeness (QED) is 0.721. The van der Waals surface area contributed by atoms with Crippen LogP contribution in [-0.2, 0) is 0 Å². The van der Waals surface area contributed by atoms with Gasteiger partial charge in [0.25, 0.3) is 5.91 Å². The molecule has 1 atom stereocenters. The lowest BCUT2D eigenvalue weighted by Crippen LogP contribution is -2.37. The average molecular weight is 201 g/mol. The molecule has 0 spiro atoms. The second-order valence-corrected chi connectivity index (χ2v) is 3.16. The number of hydrogen-bond donors (Lipinski definition) is 2. The van der Waals surface area contributed by atoms with E-state index in [0.717, 1.165) is 11.5 Å². The molecule has 0 fully saturated rings. The Bertz CT molecular complexity index is 259. The maximum Gasteiger partial charge on any atom is 0.273 e. The van der Waals surface area contributed by atoms with Gasteiger partial charge in [-0.1, -0.05) is 11.4 Å². The van der Waals surface area contributed by atoms with Gasteiger partial charge in [0.1, 0.15) is 0 Å². The van der Waals surface area contributed by atoms with E-state index < -0.39 is 0 Å². The van der Waals surface area contributed by atoms with Crippen LogP contribution >= 0.6 is 11.5 Å². The molecular formula is C7H11N3O2S. The van der Waals surface area contributed by atoms with Crippen molar-refractivity contribution in [2.24, 2.45) is 0 Å². The van der Waals surface area contributed by atoms with E-state index in [9.17, 15) is 4.79 Å². The molecule has 1 heterocycles. The lowest BCUT2D eigenvalue weighted by Gasteiger charge is -2.11. The number of aliphatic hydroxyl groups excluding tert-OH is 1. The Balaban J connectivity index is 2.50. The van der Waals surface area contributed by atoms with Crippen LogP contribution in [0.4, 0.5) is 0 Å². The molecule has 1 amide bonds. The Kier molecular flexibility index (Phi) is 3.78. The molecule has 0 bridgehead atoms. The number of aromatic nitrogens is 2. The first-order chi connectivity index (χ1) is 6.27. The molecule has 0 aromatic carbocycles. The van der Waals surface area contributed by atoms with Gasteiger partial charge in [-0.15, -0.1) is 5.10 Å². The smallest absolute Gasteiger partial charge is 0.273 e. The molecule has 1 aromatic heterocycles. The molecule has 13 heavy (non-hydrogen) atoms. The van der Waals surface area contributed by atoms with Gasteiger partial charge in [0.05, 0.1) is 12.6 Å². The number of nitrogens with one attached hydrogen (secondary N) is 1. The normalized spacial score (nSPS) is 12.5. The molecule has 0 aliphatic rings. The summed E-state index contributed by atoms with van der Waals surface area (Å²) in [5, 5.41) is 16.6. The van der Waals surface area contributed by atoms with Gasteiger partial charge in [0.2, 0.25) is 0 Å². The standard InChI is InChI=1S/C7H11N3O2S/c1-2-5(3-11)8-7(12)6-4-13-10-9-6/h4-5,11H,2-3H2,1H3,(H,8,12)/t5-/m0/s1. The van der Waals surface area contributed by atoms with Crippen LogP contribution in [0.2, 0.25) is 0 Å². The molecule has 0 aliphatic carbocycles. The molecule has 1 aromatic rings. The first-order valence-corrected chi connectivity index (χ1v) is 4.80. The van der Waals surface area contributed by atoms with E-state index in [1.54, 1.807) is 5.38 Å². The second kappa shape index (κ2) is 4.88. The van der Waals surface area contributed by atoms with E-state index in [1.807, 2.05) is 6.92 Å². The number of amides is 1. The van der Waals surface area contributed by atoms with Crippen LogP contribution in [0.15, 0.2) is 5.38 Å². The van der Waals surface area contributed by atoms with E-state index >= 15 is 0 Å². The predicted molar refractivity (Wildman–Crippen MR) is 48.5 cm³/mol. The molecule has 1 rings (SSSR count). The second-order valence-electron chi connectivity index (χ2n) is 2.55. The van der Waals surface area contributed by atoms with Crippen LogP contribution < -0.4 is 5.32 Å². The topological polar surface area (TPSA) is 75.1 Å². The molecule has 72 valence electrons. The molecule has 6 heteroatoms. The van der Waals surface area contributed by atoms with Crippen LogP contribution in [0, 0.1) is 0 Å². The van der Waals surface area contributed by atoms with Crippen molar-refractivity contribution in [3.63, 3.8) is 0 Å². The van der Waals surface area contributed by atoms with Crippen LogP contribution in [0.3, 0.4) is 0 Å². The number of carbonyl (C=O) groups is 1. The molecule has 0 saturated carbocycles. The van der Waals surface area contributed by atoms with Crippen LogP contribution in [-0.4, -0.2) is 33.2 Å². The SMILES string of the molecule is CC[C@@H](CO)NC(=O)c1csnn1. The summed E-state index contributed by atoms with van der Waals surface area (Å²) in [4.78, 5) is 11.3. The number of carbonyl (C=O) groups excluding carboxylic acids is 1. The predicted octanol–water partition coefficient (Wildman–Crippen LogP) is 0.0388. The van der Waals surface area contributed by atoms with Crippen LogP contribution in [0.1, 0.15) is 23.8 Å². The molecule has 0 unspecified atom stereocenters. The first kappa shape index (κ1) is 10.1. The zero-order chi connectivity index (χ0) is 9.68. The summed E-state index contributed by atoms with van der Waals surface area (Å²) in [5.41, 5.74) is 0.303. The number of hydrogen-bond acceptors (Lipinski definition) is 5. The van der Waals surface area contributed by atoms with Crippen molar-refractivity contribution in [1.29, 1.82) is 0 Å². The molecule has 2 N–H and O–H groups in total. The minimum absolute atomic E-state index is 0.0557. The lowest BCUT2D eigenvalue weighted by molar-refractivity contribution is 0.0910. The first-order valence-electron chi connectivity index (χ1n) is 3.96. The fraction of sp³-hybridized carbons (Fsp3) is 0.571. The maximum absolute atomic E-state index is 11.3. The van der Waals surface area contributed by atoms with E-state index in [4.69, 9.17) is 5.11 Å². The summed E-state index contributed by atoms with van der Waals surface area (Å²) in [6.07, 6.45) is 0.694. The van der Waals surface area contributed by atoms with Gasteiger partial charge in [-0.25, -0.2) is 0 Å². The molecular weight excluding hydrogens is 190 g/mol. The molecule has 0 aliphatic heterocycles. The zero-order valence-corrected chi connectivity index (χ0v) is 8.04.